The normalized spacial score (nSPS) is 19.4. The van der Waals surface area contributed by atoms with E-state index in [4.69, 9.17) is 9.23 Å². The Kier molecular flexibility index (Phi) is 9.07. The van der Waals surface area contributed by atoms with Crippen LogP contribution in [0, 0.1) is 0 Å². The number of hydrogen-bond donors (Lipinski definition) is 0. The third-order valence-corrected chi connectivity index (χ3v) is 51.5. The van der Waals surface area contributed by atoms with Crippen molar-refractivity contribution >= 4 is 62.6 Å². The van der Waals surface area contributed by atoms with Gasteiger partial charge in [-0.15, -0.1) is 0 Å². The lowest BCUT2D eigenvalue weighted by molar-refractivity contribution is 0.136. The molecule has 0 saturated carbocycles. The molecule has 0 radical (unpaired) electrons. The Balaban J connectivity index is 4.00. The number of hydrogen-bond acceptors (Lipinski definition) is 3. The van der Waals surface area contributed by atoms with E-state index in [0.29, 0.717) is 10.9 Å². The van der Waals surface area contributed by atoms with Gasteiger partial charge in [0, 0.05) is 48.4 Å². The van der Waals surface area contributed by atoms with E-state index in [1.165, 1.54) is 0 Å². The van der Waals surface area contributed by atoms with Crippen LogP contribution in [0.5, 0.6) is 0 Å². The van der Waals surface area contributed by atoms with Crippen LogP contribution < -0.4 is 0 Å². The molecule has 1 fully saturated rings. The van der Waals surface area contributed by atoms with E-state index < -0.39 is 48.4 Å². The number of nitrogens with zero attached hydrogens (tertiary/aromatic N) is 1. The lowest BCUT2D eigenvalue weighted by atomic mass is 9.75. The van der Waals surface area contributed by atoms with Crippen molar-refractivity contribution < 1.29 is 9.23 Å². The molecule has 0 amide bonds. The van der Waals surface area contributed by atoms with E-state index in [9.17, 15) is 0 Å². The molecule has 194 valence electrons. The van der Waals surface area contributed by atoms with E-state index in [-0.39, 0.29) is 18.4 Å². The quantitative estimate of drug-likeness (QED) is 0.285. The third-order valence-electron chi connectivity index (χ3n) is 8.90. The zero-order chi connectivity index (χ0) is 26.9. The largest absolute Gasteiger partial charge is 0.462 e. The second-order valence-electron chi connectivity index (χ2n) is 17.0. The fourth-order valence-electron chi connectivity index (χ4n) is 10.1. The highest BCUT2D eigenvalue weighted by atomic mass is 28.5. The third kappa shape index (κ3) is 5.06. The van der Waals surface area contributed by atoms with Crippen molar-refractivity contribution in [2.75, 3.05) is 13.8 Å². The van der Waals surface area contributed by atoms with Crippen molar-refractivity contribution in [3.8, 4) is 0 Å². The maximum atomic E-state index is 7.60. The van der Waals surface area contributed by atoms with Crippen molar-refractivity contribution in [3.63, 3.8) is 0 Å². The summed E-state index contributed by atoms with van der Waals surface area (Å²) in [6.07, 6.45) is 0. The molecule has 1 rings (SSSR count). The molecular formula is C22H59B2NO2Si6. The van der Waals surface area contributed by atoms with Crippen LogP contribution >= 0.6 is 0 Å². The average Bonchev–Trinajstić information content (AvgIpc) is 2.41. The first-order chi connectivity index (χ1) is 14.1. The van der Waals surface area contributed by atoms with Gasteiger partial charge in [0.05, 0.1) is 6.73 Å². The summed E-state index contributed by atoms with van der Waals surface area (Å²) in [5.74, 6) is 0. The van der Waals surface area contributed by atoms with Crippen LogP contribution in [0.2, 0.25) is 126 Å². The standard InChI is InChI=1S/C22H59B2NO2Si6/c1-25-20-26-24(22(31(11,12)13,32(14,15)16)33(17,18)19)27-23(25)21(28(2,3)4,29(5,6)7)30(8,9)10/h20H2,1-19H3. The fraction of sp³-hybridized carbons (Fsp3) is 1.00. The molecule has 0 unspecified atom stereocenters. The van der Waals surface area contributed by atoms with Crippen molar-refractivity contribution in [1.82, 2.24) is 4.81 Å². The van der Waals surface area contributed by atoms with Gasteiger partial charge in [-0.05, 0) is 15.4 Å². The van der Waals surface area contributed by atoms with Crippen LogP contribution in [0.1, 0.15) is 0 Å². The molecule has 0 aromatic carbocycles. The van der Waals surface area contributed by atoms with Crippen molar-refractivity contribution in [2.45, 2.75) is 126 Å². The smallest absolute Gasteiger partial charge is 0.441 e. The van der Waals surface area contributed by atoms with Crippen LogP contribution in [-0.2, 0) is 9.23 Å². The first-order valence-electron chi connectivity index (χ1n) is 13.1. The molecule has 1 aliphatic rings. The molecule has 1 aliphatic heterocycles. The number of rotatable bonds is 8. The lowest BCUT2D eigenvalue weighted by Gasteiger charge is -2.66. The van der Waals surface area contributed by atoms with Crippen LogP contribution in [0.15, 0.2) is 0 Å². The molecule has 0 spiro atoms. The van der Waals surface area contributed by atoms with Gasteiger partial charge in [0.15, 0.2) is 0 Å². The van der Waals surface area contributed by atoms with Crippen LogP contribution in [0.25, 0.3) is 0 Å². The van der Waals surface area contributed by atoms with E-state index in [1.807, 2.05) is 0 Å². The molecule has 0 aliphatic carbocycles. The highest BCUT2D eigenvalue weighted by Gasteiger charge is 2.73. The van der Waals surface area contributed by atoms with Gasteiger partial charge >= 0.3 is 14.2 Å². The van der Waals surface area contributed by atoms with Crippen molar-refractivity contribution in [2.24, 2.45) is 0 Å². The average molecular weight is 560 g/mol. The molecule has 0 bridgehead atoms. The van der Waals surface area contributed by atoms with Crippen LogP contribution in [-0.4, -0.2) is 81.2 Å². The first kappa shape index (κ1) is 32.3. The van der Waals surface area contributed by atoms with Gasteiger partial charge in [0.1, 0.15) is 0 Å². The Morgan fingerprint density at radius 2 is 0.788 bits per heavy atom. The predicted octanol–water partition coefficient (Wildman–Crippen LogP) is 7.64. The van der Waals surface area contributed by atoms with Gasteiger partial charge in [0.2, 0.25) is 0 Å². The molecule has 1 saturated heterocycles. The molecule has 33 heavy (non-hydrogen) atoms. The highest BCUT2D eigenvalue weighted by molar-refractivity contribution is 7.27. The second-order valence-corrected chi connectivity index (χ2v) is 51.7. The van der Waals surface area contributed by atoms with E-state index in [2.05, 4.69) is 130 Å². The van der Waals surface area contributed by atoms with E-state index in [0.717, 1.165) is 0 Å². The minimum atomic E-state index is -1.65. The molecule has 0 N–H and O–H groups in total. The summed E-state index contributed by atoms with van der Waals surface area (Å²) in [6.45, 7) is 47.8. The Bertz CT molecular complexity index is 625. The Morgan fingerprint density at radius 3 is 1.03 bits per heavy atom. The monoisotopic (exact) mass is 559 g/mol. The fourth-order valence-corrected chi connectivity index (χ4v) is 69.8. The summed E-state index contributed by atoms with van der Waals surface area (Å²) in [6, 6.07) is 0. The summed E-state index contributed by atoms with van der Waals surface area (Å²) in [5.41, 5.74) is 0. The minimum absolute atomic E-state index is 0.0628. The Morgan fingerprint density at radius 1 is 0.515 bits per heavy atom. The van der Waals surface area contributed by atoms with Gasteiger partial charge in [-0.1, -0.05) is 118 Å². The minimum Gasteiger partial charge on any atom is -0.462 e. The van der Waals surface area contributed by atoms with Crippen molar-refractivity contribution in [1.29, 1.82) is 0 Å². The van der Waals surface area contributed by atoms with Gasteiger partial charge in [-0.25, -0.2) is 0 Å². The SMILES string of the molecule is CN1COB(C([Si](C)(C)C)([Si](C)(C)C)[Si](C)(C)C)OB1C([Si](C)(C)C)([Si](C)(C)C)[Si](C)(C)C. The lowest BCUT2D eigenvalue weighted by Crippen LogP contribution is -2.81. The topological polar surface area (TPSA) is 21.7 Å². The molecule has 0 aromatic rings. The zero-order valence-electron chi connectivity index (χ0n) is 26.1. The maximum Gasteiger partial charge on any atom is 0.441 e. The summed E-state index contributed by atoms with van der Waals surface area (Å²) in [4.78, 5) is 2.47. The van der Waals surface area contributed by atoms with Crippen LogP contribution in [0.4, 0.5) is 0 Å². The maximum absolute atomic E-state index is 7.60. The van der Waals surface area contributed by atoms with Gasteiger partial charge in [-0.3, -0.25) is 0 Å². The summed E-state index contributed by atoms with van der Waals surface area (Å²) < 4.78 is 15.0. The molecule has 3 nitrogen and oxygen atoms in total. The van der Waals surface area contributed by atoms with Gasteiger partial charge < -0.3 is 14.0 Å². The van der Waals surface area contributed by atoms with E-state index in [1.54, 1.807) is 0 Å². The Labute approximate surface area is 215 Å². The van der Waals surface area contributed by atoms with Crippen LogP contribution in [0.3, 0.4) is 0 Å². The van der Waals surface area contributed by atoms with E-state index >= 15 is 0 Å². The first-order valence-corrected chi connectivity index (χ1v) is 34.1. The summed E-state index contributed by atoms with van der Waals surface area (Å²) in [7, 11) is -7.47. The van der Waals surface area contributed by atoms with Gasteiger partial charge in [-0.2, -0.15) is 0 Å². The summed E-state index contributed by atoms with van der Waals surface area (Å²) in [5, 5.41) is 0. The molecule has 0 aromatic heterocycles. The van der Waals surface area contributed by atoms with Crippen molar-refractivity contribution in [3.05, 3.63) is 0 Å². The zero-order valence-corrected chi connectivity index (χ0v) is 32.1. The second kappa shape index (κ2) is 9.25. The summed E-state index contributed by atoms with van der Waals surface area (Å²) >= 11 is 0. The molecule has 0 atom stereocenters. The molecule has 11 heteroatoms. The molecular weight excluding hydrogens is 500 g/mol. The van der Waals surface area contributed by atoms with Gasteiger partial charge in [0.25, 0.3) is 0 Å². The predicted molar refractivity (Wildman–Crippen MR) is 172 cm³/mol. The highest BCUT2D eigenvalue weighted by Crippen LogP contribution is 2.60. The molecule has 1 heterocycles. The Hall–Kier alpha value is 1.31.